The summed E-state index contributed by atoms with van der Waals surface area (Å²) in [5.74, 6) is -0.681. The average Bonchev–Trinajstić information content (AvgIpc) is 3.20. The van der Waals surface area contributed by atoms with Gasteiger partial charge in [-0.15, -0.1) is 0 Å². The quantitative estimate of drug-likeness (QED) is 0.0245. The number of esters is 1. The Balaban J connectivity index is 3.80. The van der Waals surface area contributed by atoms with Crippen LogP contribution in [0.25, 0.3) is 0 Å². The third-order valence-electron chi connectivity index (χ3n) is 7.92. The first kappa shape index (κ1) is 53.4. The molecule has 0 saturated carbocycles. The number of aliphatic hydroxyl groups is 1. The van der Waals surface area contributed by atoms with Gasteiger partial charge in [-0.3, -0.25) is 18.6 Å². The molecule has 10 heteroatoms. The molecule has 0 aliphatic heterocycles. The Hall–Kier alpha value is -3.59. The van der Waals surface area contributed by atoms with Gasteiger partial charge in [-0.2, -0.15) is 0 Å². The van der Waals surface area contributed by atoms with Crippen LogP contribution in [0.5, 0.6) is 0 Å². The Morgan fingerprint density at radius 2 is 0.982 bits per heavy atom. The van der Waals surface area contributed by atoms with Crippen molar-refractivity contribution in [3.05, 3.63) is 122 Å². The van der Waals surface area contributed by atoms with Crippen molar-refractivity contribution in [1.82, 2.24) is 5.32 Å². The monoisotopic (exact) mass is 812 g/mol. The minimum absolute atomic E-state index is 0.0143. The predicted molar refractivity (Wildman–Crippen MR) is 238 cm³/mol. The maximum absolute atomic E-state index is 12.1. The number of rotatable bonds is 37. The van der Waals surface area contributed by atoms with Crippen LogP contribution in [0.15, 0.2) is 122 Å². The van der Waals surface area contributed by atoms with E-state index in [0.29, 0.717) is 12.8 Å². The second-order valence-electron chi connectivity index (χ2n) is 13.2. The maximum Gasteiger partial charge on any atom is 0.472 e. The van der Waals surface area contributed by atoms with Gasteiger partial charge in [-0.25, -0.2) is 4.57 Å². The minimum atomic E-state index is -4.46. The fourth-order valence-corrected chi connectivity index (χ4v) is 5.58. The number of amides is 1. The number of phosphoric acid groups is 1. The Labute approximate surface area is 345 Å². The van der Waals surface area contributed by atoms with E-state index in [1.54, 1.807) is 6.08 Å². The van der Waals surface area contributed by atoms with Gasteiger partial charge in [0.05, 0.1) is 13.2 Å². The summed E-state index contributed by atoms with van der Waals surface area (Å²) in [5.41, 5.74) is 0. The van der Waals surface area contributed by atoms with Gasteiger partial charge in [0.25, 0.3) is 0 Å². The van der Waals surface area contributed by atoms with E-state index < -0.39 is 26.5 Å². The standard InChI is InChI=1S/C47H74NO8P/c1-3-5-7-9-11-13-15-17-19-20-21-22-23-24-26-27-29-31-33-35-37-39-46(50)48-41-42-55-57(52,53)56-44-45(49)43-54-47(51)40-38-36-34-32-30-28-25-18-16-14-12-10-8-6-4-2/h5-8,11-14,17-19,21-22,24-26,29,31,35,37,45,49H,3-4,9-10,15-16,20,23,27-28,30,32-34,36,38-44H2,1-2H3,(H,48,50)(H,52,53)/b7-5-,8-6-,13-11-,14-12-,19-17-,22-21-,25-18-,26-24-,31-29-,37-35-. The molecular formula is C47H74NO8P. The van der Waals surface area contributed by atoms with Crippen molar-refractivity contribution >= 4 is 19.7 Å². The number of carbonyl (C=O) groups excluding carboxylic acids is 2. The van der Waals surface area contributed by atoms with E-state index in [4.69, 9.17) is 13.8 Å². The van der Waals surface area contributed by atoms with Gasteiger partial charge < -0.3 is 20.1 Å². The topological polar surface area (TPSA) is 131 Å². The minimum Gasteiger partial charge on any atom is -0.463 e. The van der Waals surface area contributed by atoms with Gasteiger partial charge in [0, 0.05) is 19.4 Å². The van der Waals surface area contributed by atoms with Crippen molar-refractivity contribution in [3.8, 4) is 0 Å². The molecule has 1 amide bonds. The zero-order valence-corrected chi connectivity index (χ0v) is 35.9. The number of hydrogen-bond acceptors (Lipinski definition) is 7. The van der Waals surface area contributed by atoms with Crippen LogP contribution in [0, 0.1) is 0 Å². The number of aliphatic hydroxyl groups excluding tert-OH is 1. The van der Waals surface area contributed by atoms with Gasteiger partial charge in [-0.1, -0.05) is 155 Å². The van der Waals surface area contributed by atoms with Crippen LogP contribution in [0.1, 0.15) is 129 Å². The summed E-state index contributed by atoms with van der Waals surface area (Å²) in [6.07, 6.45) is 57.3. The summed E-state index contributed by atoms with van der Waals surface area (Å²) >= 11 is 0. The van der Waals surface area contributed by atoms with Gasteiger partial charge in [0.15, 0.2) is 0 Å². The lowest BCUT2D eigenvalue weighted by molar-refractivity contribution is -0.147. The van der Waals surface area contributed by atoms with Crippen molar-refractivity contribution in [2.24, 2.45) is 0 Å². The number of hydrogen-bond donors (Lipinski definition) is 3. The lowest BCUT2D eigenvalue weighted by Crippen LogP contribution is -2.26. The largest absolute Gasteiger partial charge is 0.472 e. The summed E-state index contributed by atoms with van der Waals surface area (Å²) < 4.78 is 26.8. The highest BCUT2D eigenvalue weighted by molar-refractivity contribution is 7.47. The first-order valence-corrected chi connectivity index (χ1v) is 22.5. The van der Waals surface area contributed by atoms with E-state index in [1.807, 2.05) is 12.2 Å². The maximum atomic E-state index is 12.1. The zero-order chi connectivity index (χ0) is 41.8. The molecule has 0 spiro atoms. The second-order valence-corrected chi connectivity index (χ2v) is 14.7. The molecule has 2 unspecified atom stereocenters. The van der Waals surface area contributed by atoms with Crippen LogP contribution in [0.3, 0.4) is 0 Å². The molecule has 0 heterocycles. The molecule has 320 valence electrons. The van der Waals surface area contributed by atoms with Crippen LogP contribution in [0.4, 0.5) is 0 Å². The van der Waals surface area contributed by atoms with Crippen LogP contribution in [0.2, 0.25) is 0 Å². The fraction of sp³-hybridized carbons (Fsp3) is 0.532. The number of unbranched alkanes of at least 4 members (excludes halogenated alkanes) is 5. The van der Waals surface area contributed by atoms with Crippen LogP contribution in [-0.4, -0.2) is 54.3 Å². The Morgan fingerprint density at radius 3 is 1.47 bits per heavy atom. The van der Waals surface area contributed by atoms with E-state index in [1.165, 1.54) is 0 Å². The summed E-state index contributed by atoms with van der Waals surface area (Å²) in [6.45, 7) is 3.14. The molecule has 57 heavy (non-hydrogen) atoms. The molecule has 3 N–H and O–H groups in total. The molecular weight excluding hydrogens is 737 g/mol. The third kappa shape index (κ3) is 43.4. The lowest BCUT2D eigenvalue weighted by Gasteiger charge is -2.15. The smallest absolute Gasteiger partial charge is 0.463 e. The van der Waals surface area contributed by atoms with Gasteiger partial charge in [0.1, 0.15) is 12.7 Å². The summed E-state index contributed by atoms with van der Waals surface area (Å²) in [4.78, 5) is 33.8. The summed E-state index contributed by atoms with van der Waals surface area (Å²) in [6, 6.07) is 0. The number of ether oxygens (including phenoxy) is 1. The van der Waals surface area contributed by atoms with Crippen LogP contribution >= 0.6 is 7.82 Å². The second kappa shape index (κ2) is 42.0. The van der Waals surface area contributed by atoms with E-state index in [-0.39, 0.29) is 38.5 Å². The fourth-order valence-electron chi connectivity index (χ4n) is 4.82. The molecule has 0 aromatic rings. The predicted octanol–water partition coefficient (Wildman–Crippen LogP) is 11.8. The Bertz CT molecular complexity index is 1340. The van der Waals surface area contributed by atoms with E-state index in [9.17, 15) is 24.2 Å². The lowest BCUT2D eigenvalue weighted by atomic mass is 10.1. The van der Waals surface area contributed by atoms with Gasteiger partial charge in [-0.05, 0) is 83.5 Å². The molecule has 0 rings (SSSR count). The van der Waals surface area contributed by atoms with E-state index in [0.717, 1.165) is 89.9 Å². The number of carbonyl (C=O) groups is 2. The van der Waals surface area contributed by atoms with Crippen molar-refractivity contribution in [2.45, 2.75) is 136 Å². The Kier molecular flexibility index (Phi) is 39.4. The molecule has 0 aromatic carbocycles. The van der Waals surface area contributed by atoms with Crippen LogP contribution < -0.4 is 5.32 Å². The average molecular weight is 812 g/mol. The molecule has 9 nitrogen and oxygen atoms in total. The zero-order valence-electron chi connectivity index (χ0n) is 35.0. The molecule has 0 aliphatic rings. The van der Waals surface area contributed by atoms with Crippen molar-refractivity contribution in [3.63, 3.8) is 0 Å². The number of nitrogens with one attached hydrogen (secondary N) is 1. The number of phosphoric ester groups is 1. The first-order valence-electron chi connectivity index (χ1n) is 21.0. The van der Waals surface area contributed by atoms with Crippen molar-refractivity contribution in [2.75, 3.05) is 26.4 Å². The highest BCUT2D eigenvalue weighted by Gasteiger charge is 2.23. The van der Waals surface area contributed by atoms with Crippen molar-refractivity contribution < 1.29 is 37.9 Å². The SMILES string of the molecule is CC/C=C\C/C=C\C/C=C\C/C=C\C/C=C\C/C=C\C/C=C\CC(=O)NCCOP(=O)(O)OCC(O)COC(=O)CCCCCCC/C=C\C/C=C\C/C=C\CC. The van der Waals surface area contributed by atoms with Crippen LogP contribution in [-0.2, 0) is 27.9 Å². The van der Waals surface area contributed by atoms with E-state index >= 15 is 0 Å². The number of allylic oxidation sites excluding steroid dienone is 19. The first-order chi connectivity index (χ1) is 27.8. The van der Waals surface area contributed by atoms with Crippen molar-refractivity contribution in [1.29, 1.82) is 0 Å². The molecule has 0 aliphatic carbocycles. The third-order valence-corrected chi connectivity index (χ3v) is 8.90. The molecule has 0 saturated heterocycles. The molecule has 0 radical (unpaired) electrons. The normalized spacial score (nSPS) is 14.5. The highest BCUT2D eigenvalue weighted by atomic mass is 31.2. The molecule has 2 atom stereocenters. The van der Waals surface area contributed by atoms with Gasteiger partial charge >= 0.3 is 13.8 Å². The molecule has 0 fully saturated rings. The molecule has 0 bridgehead atoms. The summed E-state index contributed by atoms with van der Waals surface area (Å²) in [7, 11) is -4.46. The Morgan fingerprint density at radius 1 is 0.561 bits per heavy atom. The summed E-state index contributed by atoms with van der Waals surface area (Å²) in [5, 5.41) is 12.6. The van der Waals surface area contributed by atoms with E-state index in [2.05, 4.69) is 122 Å². The molecule has 0 aromatic heterocycles. The highest BCUT2D eigenvalue weighted by Crippen LogP contribution is 2.42. The van der Waals surface area contributed by atoms with Gasteiger partial charge in [0.2, 0.25) is 5.91 Å².